The number of benzene rings is 2. The van der Waals surface area contributed by atoms with Crippen molar-refractivity contribution in [2.75, 3.05) is 0 Å². The van der Waals surface area contributed by atoms with Gasteiger partial charge in [-0.2, -0.15) is 18.3 Å². The third kappa shape index (κ3) is 5.13. The molecule has 2 aromatic rings. The van der Waals surface area contributed by atoms with Gasteiger partial charge < -0.3 is 0 Å². The van der Waals surface area contributed by atoms with Crippen LogP contribution in [0.25, 0.3) is 0 Å². The third-order valence-corrected chi connectivity index (χ3v) is 4.18. The fourth-order valence-corrected chi connectivity index (χ4v) is 2.76. The molecule has 1 atom stereocenters. The molecule has 2 rings (SSSR count). The van der Waals surface area contributed by atoms with Crippen LogP contribution in [0.3, 0.4) is 0 Å². The van der Waals surface area contributed by atoms with E-state index in [0.717, 1.165) is 17.2 Å². The summed E-state index contributed by atoms with van der Waals surface area (Å²) < 4.78 is 38.6. The predicted octanol–water partition coefficient (Wildman–Crippen LogP) is 4.34. The maximum atomic E-state index is 12.9. The summed E-state index contributed by atoms with van der Waals surface area (Å²) in [5.41, 5.74) is 1.37. The first-order chi connectivity index (χ1) is 11.4. The highest BCUT2D eigenvalue weighted by atomic mass is 32.2. The number of rotatable bonds is 5. The predicted molar refractivity (Wildman–Crippen MR) is 88.9 cm³/mol. The molecule has 3 nitrogen and oxygen atoms in total. The molecule has 0 aliphatic carbocycles. The van der Waals surface area contributed by atoms with Crippen molar-refractivity contribution in [3.63, 3.8) is 0 Å². The van der Waals surface area contributed by atoms with E-state index in [4.69, 9.17) is 0 Å². The van der Waals surface area contributed by atoms with Gasteiger partial charge in [-0.1, -0.05) is 36.4 Å². The quantitative estimate of drug-likeness (QED) is 0.494. The van der Waals surface area contributed by atoms with Gasteiger partial charge in [0.2, 0.25) is 0 Å². The second kappa shape index (κ2) is 8.01. The second-order valence-corrected chi connectivity index (χ2v) is 6.31. The van der Waals surface area contributed by atoms with Crippen LogP contribution in [0.5, 0.6) is 0 Å². The van der Waals surface area contributed by atoms with Crippen molar-refractivity contribution in [2.24, 2.45) is 5.10 Å². The highest BCUT2D eigenvalue weighted by Gasteiger charge is 2.32. The molecule has 24 heavy (non-hydrogen) atoms. The third-order valence-electron chi connectivity index (χ3n) is 3.07. The molecule has 0 fully saturated rings. The number of hydrazone groups is 1. The van der Waals surface area contributed by atoms with E-state index in [1.54, 1.807) is 6.92 Å². The molecule has 1 unspecified atom stereocenters. The molecule has 0 aliphatic heterocycles. The van der Waals surface area contributed by atoms with E-state index in [9.17, 15) is 18.0 Å². The van der Waals surface area contributed by atoms with Crippen LogP contribution in [0, 0.1) is 0 Å². The molecule has 0 aromatic heterocycles. The number of halogens is 3. The Bertz CT molecular complexity index is 717. The van der Waals surface area contributed by atoms with Crippen molar-refractivity contribution in [1.82, 2.24) is 5.43 Å². The molecule has 126 valence electrons. The van der Waals surface area contributed by atoms with Gasteiger partial charge in [0, 0.05) is 10.5 Å². The monoisotopic (exact) mass is 352 g/mol. The van der Waals surface area contributed by atoms with Crippen LogP contribution < -0.4 is 5.43 Å². The summed E-state index contributed by atoms with van der Waals surface area (Å²) in [6.07, 6.45) is -3.47. The number of thioether (sulfide) groups is 1. The molecule has 0 saturated heterocycles. The number of hydrogen-bond acceptors (Lipinski definition) is 3. The minimum absolute atomic E-state index is 0.103. The Balaban J connectivity index is 1.98. The Labute approximate surface area is 142 Å². The Morgan fingerprint density at radius 1 is 1.12 bits per heavy atom. The lowest BCUT2D eigenvalue weighted by Crippen LogP contribution is -2.26. The standard InChI is InChI=1S/C17H15F3N2OS/c1-12(24-14-8-3-2-4-9-14)16(23)22-21-11-13-7-5-6-10-15(13)17(18,19)20/h2-12H,1H3,(H,22,23). The van der Waals surface area contributed by atoms with Crippen molar-refractivity contribution >= 4 is 23.9 Å². The molecular formula is C17H15F3N2OS. The van der Waals surface area contributed by atoms with E-state index in [0.29, 0.717) is 0 Å². The van der Waals surface area contributed by atoms with Gasteiger partial charge in [-0.15, -0.1) is 11.8 Å². The minimum Gasteiger partial charge on any atom is -0.272 e. The van der Waals surface area contributed by atoms with Crippen LogP contribution in [0.1, 0.15) is 18.1 Å². The zero-order valence-electron chi connectivity index (χ0n) is 12.7. The lowest BCUT2D eigenvalue weighted by atomic mass is 10.1. The van der Waals surface area contributed by atoms with Gasteiger partial charge >= 0.3 is 6.18 Å². The van der Waals surface area contributed by atoms with Crippen molar-refractivity contribution in [3.8, 4) is 0 Å². The molecule has 0 radical (unpaired) electrons. The maximum absolute atomic E-state index is 12.9. The fourth-order valence-electron chi connectivity index (χ4n) is 1.88. The van der Waals surface area contributed by atoms with Gasteiger partial charge in [0.05, 0.1) is 17.0 Å². The van der Waals surface area contributed by atoms with Crippen LogP contribution in [-0.2, 0) is 11.0 Å². The number of nitrogens with zero attached hydrogens (tertiary/aromatic N) is 1. The normalized spacial score (nSPS) is 13.0. The fraction of sp³-hybridized carbons (Fsp3) is 0.176. The number of hydrogen-bond donors (Lipinski definition) is 1. The number of nitrogens with one attached hydrogen (secondary N) is 1. The molecule has 2 aromatic carbocycles. The van der Waals surface area contributed by atoms with Crippen molar-refractivity contribution in [3.05, 3.63) is 65.7 Å². The number of carbonyl (C=O) groups excluding carboxylic acids is 1. The summed E-state index contributed by atoms with van der Waals surface area (Å²) in [7, 11) is 0. The van der Waals surface area contributed by atoms with E-state index in [-0.39, 0.29) is 11.5 Å². The van der Waals surface area contributed by atoms with Gasteiger partial charge in [-0.05, 0) is 25.1 Å². The molecule has 0 heterocycles. The average Bonchev–Trinajstić information content (AvgIpc) is 2.55. The largest absolute Gasteiger partial charge is 0.417 e. The van der Waals surface area contributed by atoms with Gasteiger partial charge in [0.25, 0.3) is 5.91 Å². The minimum atomic E-state index is -4.47. The summed E-state index contributed by atoms with van der Waals surface area (Å²) in [5.74, 6) is -0.385. The van der Waals surface area contributed by atoms with Crippen LogP contribution in [0.2, 0.25) is 0 Å². The summed E-state index contributed by atoms with van der Waals surface area (Å²) >= 11 is 1.34. The highest BCUT2D eigenvalue weighted by molar-refractivity contribution is 8.00. The molecule has 0 saturated carbocycles. The Morgan fingerprint density at radius 3 is 2.42 bits per heavy atom. The van der Waals surface area contributed by atoms with E-state index in [1.807, 2.05) is 30.3 Å². The van der Waals surface area contributed by atoms with Crippen LogP contribution in [0.15, 0.2) is 64.6 Å². The summed E-state index contributed by atoms with van der Waals surface area (Å²) in [6, 6.07) is 14.4. The number of carbonyl (C=O) groups is 1. The van der Waals surface area contributed by atoms with E-state index in [2.05, 4.69) is 10.5 Å². The van der Waals surface area contributed by atoms with Crippen molar-refractivity contribution < 1.29 is 18.0 Å². The highest BCUT2D eigenvalue weighted by Crippen LogP contribution is 2.31. The van der Waals surface area contributed by atoms with Gasteiger partial charge in [0.15, 0.2) is 0 Å². The summed E-state index contributed by atoms with van der Waals surface area (Å²) in [6.45, 7) is 1.70. The topological polar surface area (TPSA) is 41.5 Å². The Kier molecular flexibility index (Phi) is 6.03. The van der Waals surface area contributed by atoms with Crippen LogP contribution in [-0.4, -0.2) is 17.4 Å². The molecule has 0 bridgehead atoms. The first kappa shape index (κ1) is 18.1. The Morgan fingerprint density at radius 2 is 1.75 bits per heavy atom. The number of amides is 1. The van der Waals surface area contributed by atoms with E-state index in [1.165, 1.54) is 30.0 Å². The number of alkyl halides is 3. The lowest BCUT2D eigenvalue weighted by molar-refractivity contribution is -0.137. The van der Waals surface area contributed by atoms with Crippen molar-refractivity contribution in [2.45, 2.75) is 23.2 Å². The van der Waals surface area contributed by atoms with Gasteiger partial charge in [-0.3, -0.25) is 4.79 Å². The molecule has 7 heteroatoms. The van der Waals surface area contributed by atoms with Gasteiger partial charge in [-0.25, -0.2) is 5.43 Å². The molecule has 1 amide bonds. The summed E-state index contributed by atoms with van der Waals surface area (Å²) in [4.78, 5) is 12.9. The summed E-state index contributed by atoms with van der Waals surface area (Å²) in [5, 5.41) is 3.21. The zero-order valence-corrected chi connectivity index (χ0v) is 13.6. The molecule has 1 N–H and O–H groups in total. The maximum Gasteiger partial charge on any atom is 0.417 e. The van der Waals surface area contributed by atoms with E-state index < -0.39 is 17.0 Å². The smallest absolute Gasteiger partial charge is 0.272 e. The van der Waals surface area contributed by atoms with Crippen molar-refractivity contribution in [1.29, 1.82) is 0 Å². The Hall–Kier alpha value is -2.28. The SMILES string of the molecule is CC(Sc1ccccc1)C(=O)NN=Cc1ccccc1C(F)(F)F. The van der Waals surface area contributed by atoms with Gasteiger partial charge in [0.1, 0.15) is 0 Å². The van der Waals surface area contributed by atoms with E-state index >= 15 is 0 Å². The molecule has 0 spiro atoms. The zero-order chi connectivity index (χ0) is 17.6. The average molecular weight is 352 g/mol. The van der Waals surface area contributed by atoms with Crippen LogP contribution >= 0.6 is 11.8 Å². The molecule has 0 aliphatic rings. The first-order valence-electron chi connectivity index (χ1n) is 7.09. The second-order valence-electron chi connectivity index (χ2n) is 4.89. The van der Waals surface area contributed by atoms with Crippen LogP contribution in [0.4, 0.5) is 13.2 Å². The lowest BCUT2D eigenvalue weighted by Gasteiger charge is -2.10. The first-order valence-corrected chi connectivity index (χ1v) is 7.97. The molecular weight excluding hydrogens is 337 g/mol.